The molecule has 104 valence electrons. The van der Waals surface area contributed by atoms with Crippen LogP contribution in [-0.2, 0) is 14.6 Å². The number of rotatable bonds is 3. The molecular weight excluding hydrogens is 297 g/mol. The molecule has 0 aliphatic carbocycles. The molecule has 5 nitrogen and oxygen atoms in total. The highest BCUT2D eigenvalue weighted by Crippen LogP contribution is 2.29. The van der Waals surface area contributed by atoms with E-state index in [0.717, 1.165) is 18.2 Å². The molecule has 0 bridgehead atoms. The largest absolute Gasteiger partial charge is 0.480 e. The van der Waals surface area contributed by atoms with Gasteiger partial charge in [0.25, 0.3) is 0 Å². The van der Waals surface area contributed by atoms with Gasteiger partial charge in [-0.2, -0.15) is 0 Å². The monoisotopic (exact) mass is 307 g/mol. The summed E-state index contributed by atoms with van der Waals surface area (Å²) in [4.78, 5) is 10.6. The number of carbonyl (C=O) groups is 1. The predicted molar refractivity (Wildman–Crippen MR) is 66.4 cm³/mol. The van der Waals surface area contributed by atoms with Gasteiger partial charge in [0.15, 0.2) is 9.84 Å². The maximum Gasteiger partial charge on any atom is 0.320 e. The number of carboxylic acid groups (broad SMARTS) is 1. The van der Waals surface area contributed by atoms with Crippen LogP contribution in [0.5, 0.6) is 0 Å². The summed E-state index contributed by atoms with van der Waals surface area (Å²) in [5, 5.41) is 10.4. The Morgan fingerprint density at radius 2 is 2.16 bits per heavy atom. The van der Waals surface area contributed by atoms with Crippen molar-refractivity contribution in [3.63, 3.8) is 0 Å². The van der Waals surface area contributed by atoms with Crippen LogP contribution < -0.4 is 5.32 Å². The Bertz CT molecular complexity index is 619. The molecule has 2 N–H and O–H groups in total. The van der Waals surface area contributed by atoms with Crippen LogP contribution >= 0.6 is 11.6 Å². The molecule has 1 fully saturated rings. The molecule has 0 spiro atoms. The average molecular weight is 308 g/mol. The number of aliphatic carboxylic acids is 1. The fourth-order valence-electron chi connectivity index (χ4n) is 2.01. The Morgan fingerprint density at radius 1 is 1.47 bits per heavy atom. The van der Waals surface area contributed by atoms with E-state index in [1.165, 1.54) is 0 Å². The minimum Gasteiger partial charge on any atom is -0.480 e. The third kappa shape index (κ3) is 2.72. The van der Waals surface area contributed by atoms with Gasteiger partial charge in [0.05, 0.1) is 15.2 Å². The van der Waals surface area contributed by atoms with Gasteiger partial charge in [0, 0.05) is 6.54 Å². The molecule has 0 aromatic heterocycles. The molecule has 1 saturated heterocycles. The molecule has 1 heterocycles. The number of halogens is 2. The van der Waals surface area contributed by atoms with Gasteiger partial charge in [-0.25, -0.2) is 12.8 Å². The highest BCUT2D eigenvalue weighted by molar-refractivity contribution is 7.92. The smallest absolute Gasteiger partial charge is 0.320 e. The maximum atomic E-state index is 12.9. The fraction of sp³-hybridized carbons (Fsp3) is 0.364. The topological polar surface area (TPSA) is 83.5 Å². The minimum atomic E-state index is -3.78. The predicted octanol–water partition coefficient (Wildman–Crippen LogP) is 1.07. The number of hydrogen-bond donors (Lipinski definition) is 2. The van der Waals surface area contributed by atoms with Crippen LogP contribution in [0.15, 0.2) is 23.1 Å². The number of sulfone groups is 1. The van der Waals surface area contributed by atoms with Crippen LogP contribution in [0.1, 0.15) is 6.42 Å². The molecule has 0 unspecified atom stereocenters. The lowest BCUT2D eigenvalue weighted by atomic mass is 10.2. The number of benzene rings is 1. The molecule has 1 aliphatic heterocycles. The van der Waals surface area contributed by atoms with Crippen molar-refractivity contribution in [1.29, 1.82) is 0 Å². The Balaban J connectivity index is 2.31. The fourth-order valence-corrected chi connectivity index (χ4v) is 4.21. The molecule has 0 amide bonds. The van der Waals surface area contributed by atoms with Crippen LogP contribution in [0.2, 0.25) is 5.02 Å². The summed E-state index contributed by atoms with van der Waals surface area (Å²) in [5.41, 5.74) is 0. The van der Waals surface area contributed by atoms with E-state index in [1.54, 1.807) is 0 Å². The first-order valence-corrected chi connectivity index (χ1v) is 7.40. The molecule has 8 heteroatoms. The normalized spacial score (nSPS) is 23.5. The van der Waals surface area contributed by atoms with Gasteiger partial charge in [0.2, 0.25) is 0 Å². The van der Waals surface area contributed by atoms with E-state index in [-0.39, 0.29) is 22.9 Å². The maximum absolute atomic E-state index is 12.9. The first kappa shape index (κ1) is 14.2. The van der Waals surface area contributed by atoms with Crippen LogP contribution in [0.3, 0.4) is 0 Å². The van der Waals surface area contributed by atoms with Crippen molar-refractivity contribution in [2.24, 2.45) is 0 Å². The van der Waals surface area contributed by atoms with E-state index in [9.17, 15) is 17.6 Å². The molecule has 0 saturated carbocycles. The second-order valence-electron chi connectivity index (χ2n) is 4.28. The standard InChI is InChI=1S/C11H11ClFNO4S/c12-8-3-6(13)1-2-10(8)19(17,18)7-4-9(11(15)16)14-5-7/h1-3,7,9,14H,4-5H2,(H,15,16)/t7-,9+/m1/s1. The van der Waals surface area contributed by atoms with Crippen molar-refractivity contribution < 1.29 is 22.7 Å². The van der Waals surface area contributed by atoms with E-state index >= 15 is 0 Å². The lowest BCUT2D eigenvalue weighted by Crippen LogP contribution is -2.30. The van der Waals surface area contributed by atoms with Gasteiger partial charge in [-0.05, 0) is 24.6 Å². The second-order valence-corrected chi connectivity index (χ2v) is 6.88. The van der Waals surface area contributed by atoms with Gasteiger partial charge in [-0.1, -0.05) is 11.6 Å². The number of carboxylic acids is 1. The Hall–Kier alpha value is -1.18. The van der Waals surface area contributed by atoms with E-state index in [2.05, 4.69) is 5.32 Å². The lowest BCUT2D eigenvalue weighted by Gasteiger charge is -2.12. The highest BCUT2D eigenvalue weighted by atomic mass is 35.5. The van der Waals surface area contributed by atoms with Gasteiger partial charge < -0.3 is 10.4 Å². The van der Waals surface area contributed by atoms with Crippen molar-refractivity contribution in [2.45, 2.75) is 22.6 Å². The Morgan fingerprint density at radius 3 is 2.68 bits per heavy atom. The van der Waals surface area contributed by atoms with Crippen LogP contribution in [0.25, 0.3) is 0 Å². The third-order valence-electron chi connectivity index (χ3n) is 3.03. The SMILES string of the molecule is O=C(O)[C@@H]1C[C@@H](S(=O)(=O)c2ccc(F)cc2Cl)CN1. The van der Waals surface area contributed by atoms with E-state index in [0.29, 0.717) is 0 Å². The Kier molecular flexibility index (Phi) is 3.80. The van der Waals surface area contributed by atoms with Crippen LogP contribution in [0.4, 0.5) is 4.39 Å². The summed E-state index contributed by atoms with van der Waals surface area (Å²) in [6.45, 7) is 0.0347. The summed E-state index contributed by atoms with van der Waals surface area (Å²) in [6, 6.07) is 2.14. The van der Waals surface area contributed by atoms with Gasteiger partial charge >= 0.3 is 5.97 Å². The summed E-state index contributed by atoms with van der Waals surface area (Å²) in [6.07, 6.45) is -0.0363. The van der Waals surface area contributed by atoms with Crippen molar-refractivity contribution in [2.75, 3.05) is 6.54 Å². The quantitative estimate of drug-likeness (QED) is 0.816. The van der Waals surface area contributed by atoms with Crippen molar-refractivity contribution in [3.05, 3.63) is 29.0 Å². The molecular formula is C11H11ClFNO4S. The first-order valence-electron chi connectivity index (χ1n) is 5.47. The molecule has 2 rings (SSSR count). The lowest BCUT2D eigenvalue weighted by molar-refractivity contribution is -0.139. The zero-order chi connectivity index (χ0) is 14.2. The van der Waals surface area contributed by atoms with Crippen LogP contribution in [-0.4, -0.2) is 37.3 Å². The zero-order valence-electron chi connectivity index (χ0n) is 9.64. The van der Waals surface area contributed by atoms with E-state index in [1.807, 2.05) is 0 Å². The van der Waals surface area contributed by atoms with Crippen LogP contribution in [0, 0.1) is 5.82 Å². The average Bonchev–Trinajstić information content (AvgIpc) is 2.78. The highest BCUT2D eigenvalue weighted by Gasteiger charge is 2.38. The number of nitrogens with one attached hydrogen (secondary N) is 1. The van der Waals surface area contributed by atoms with Crippen molar-refractivity contribution >= 4 is 27.4 Å². The summed E-state index contributed by atoms with van der Waals surface area (Å²) < 4.78 is 37.5. The molecule has 1 aromatic rings. The first-order chi connectivity index (χ1) is 8.82. The molecule has 1 aliphatic rings. The molecule has 0 radical (unpaired) electrons. The molecule has 19 heavy (non-hydrogen) atoms. The van der Waals surface area contributed by atoms with Gasteiger partial charge in [-0.3, -0.25) is 4.79 Å². The van der Waals surface area contributed by atoms with Crippen molar-refractivity contribution in [3.8, 4) is 0 Å². The summed E-state index contributed by atoms with van der Waals surface area (Å²) >= 11 is 5.74. The zero-order valence-corrected chi connectivity index (χ0v) is 11.2. The van der Waals surface area contributed by atoms with Gasteiger partial charge in [-0.15, -0.1) is 0 Å². The third-order valence-corrected chi connectivity index (χ3v) is 5.66. The van der Waals surface area contributed by atoms with Gasteiger partial charge in [0.1, 0.15) is 11.9 Å². The Labute approximate surface area is 114 Å². The van der Waals surface area contributed by atoms with Crippen molar-refractivity contribution in [1.82, 2.24) is 5.32 Å². The summed E-state index contributed by atoms with van der Waals surface area (Å²) in [5.74, 6) is -1.72. The second kappa shape index (κ2) is 5.07. The molecule has 1 aromatic carbocycles. The number of hydrogen-bond acceptors (Lipinski definition) is 4. The van der Waals surface area contributed by atoms with E-state index < -0.39 is 32.9 Å². The minimum absolute atomic E-state index is 0.0347. The summed E-state index contributed by atoms with van der Waals surface area (Å²) in [7, 11) is -3.78. The van der Waals surface area contributed by atoms with E-state index in [4.69, 9.17) is 16.7 Å². The molecule has 2 atom stereocenters.